The lowest BCUT2D eigenvalue weighted by molar-refractivity contribution is -0.143. The van der Waals surface area contributed by atoms with Gasteiger partial charge in [0.25, 0.3) is 0 Å². The van der Waals surface area contributed by atoms with Gasteiger partial charge < -0.3 is 14.8 Å². The SMILES string of the molecule is CN(CC(=O)N1CCC(n2c(=O)[nH]c3ccccc32)CC1)C(=O)C1CCC1. The molecule has 1 N–H and O–H groups in total. The highest BCUT2D eigenvalue weighted by Gasteiger charge is 2.31. The summed E-state index contributed by atoms with van der Waals surface area (Å²) in [6, 6.07) is 7.78. The van der Waals surface area contributed by atoms with Crippen LogP contribution in [0.5, 0.6) is 0 Å². The number of hydrogen-bond donors (Lipinski definition) is 1. The van der Waals surface area contributed by atoms with Crippen molar-refractivity contribution >= 4 is 22.8 Å². The van der Waals surface area contributed by atoms with Crippen LogP contribution in [-0.2, 0) is 9.59 Å². The monoisotopic (exact) mass is 370 g/mol. The Morgan fingerprint density at radius 2 is 1.85 bits per heavy atom. The van der Waals surface area contributed by atoms with Gasteiger partial charge in [-0.05, 0) is 37.8 Å². The van der Waals surface area contributed by atoms with E-state index in [2.05, 4.69) is 4.98 Å². The van der Waals surface area contributed by atoms with Gasteiger partial charge in [0, 0.05) is 32.1 Å². The maximum atomic E-state index is 12.6. The molecule has 0 unspecified atom stereocenters. The van der Waals surface area contributed by atoms with Crippen molar-refractivity contribution in [2.45, 2.75) is 38.1 Å². The van der Waals surface area contributed by atoms with E-state index in [1.807, 2.05) is 33.7 Å². The Morgan fingerprint density at radius 1 is 1.15 bits per heavy atom. The number of nitrogens with one attached hydrogen (secondary N) is 1. The number of H-pyrrole nitrogens is 1. The maximum absolute atomic E-state index is 12.6. The average Bonchev–Trinajstić information content (AvgIpc) is 2.96. The minimum Gasteiger partial charge on any atom is -0.341 e. The number of aromatic nitrogens is 2. The van der Waals surface area contributed by atoms with Crippen LogP contribution in [0.2, 0.25) is 0 Å². The third-order valence-corrected chi connectivity index (χ3v) is 6.01. The summed E-state index contributed by atoms with van der Waals surface area (Å²) >= 11 is 0. The Hall–Kier alpha value is -2.57. The minimum atomic E-state index is -0.0909. The summed E-state index contributed by atoms with van der Waals surface area (Å²) in [6.07, 6.45) is 4.49. The van der Waals surface area contributed by atoms with E-state index >= 15 is 0 Å². The van der Waals surface area contributed by atoms with Gasteiger partial charge in [-0.1, -0.05) is 18.6 Å². The number of aromatic amines is 1. The molecule has 1 saturated carbocycles. The summed E-state index contributed by atoms with van der Waals surface area (Å²) < 4.78 is 1.82. The van der Waals surface area contributed by atoms with Crippen LogP contribution in [0.3, 0.4) is 0 Å². The Balaban J connectivity index is 1.37. The van der Waals surface area contributed by atoms with E-state index in [-0.39, 0.29) is 36.0 Å². The number of amides is 2. The van der Waals surface area contributed by atoms with Crippen LogP contribution in [0.4, 0.5) is 0 Å². The fourth-order valence-corrected chi connectivity index (χ4v) is 4.16. The fourth-order valence-electron chi connectivity index (χ4n) is 4.16. The molecular weight excluding hydrogens is 344 g/mol. The van der Waals surface area contributed by atoms with E-state index in [9.17, 15) is 14.4 Å². The second-order valence-corrected chi connectivity index (χ2v) is 7.75. The molecule has 27 heavy (non-hydrogen) atoms. The van der Waals surface area contributed by atoms with E-state index < -0.39 is 0 Å². The predicted molar refractivity (Wildman–Crippen MR) is 102 cm³/mol. The van der Waals surface area contributed by atoms with Crippen molar-refractivity contribution in [2.24, 2.45) is 5.92 Å². The predicted octanol–water partition coefficient (Wildman–Crippen LogP) is 1.75. The molecule has 1 aliphatic carbocycles. The smallest absolute Gasteiger partial charge is 0.326 e. The number of para-hydroxylation sites is 2. The zero-order chi connectivity index (χ0) is 19.0. The molecule has 2 aliphatic rings. The topological polar surface area (TPSA) is 78.4 Å². The van der Waals surface area contributed by atoms with Gasteiger partial charge in [0.15, 0.2) is 0 Å². The summed E-state index contributed by atoms with van der Waals surface area (Å²) in [6.45, 7) is 1.37. The van der Waals surface area contributed by atoms with Gasteiger partial charge in [0.2, 0.25) is 11.8 Å². The first kappa shape index (κ1) is 17.8. The van der Waals surface area contributed by atoms with E-state index in [1.54, 1.807) is 11.9 Å². The minimum absolute atomic E-state index is 0.00472. The van der Waals surface area contributed by atoms with E-state index in [1.165, 1.54) is 0 Å². The van der Waals surface area contributed by atoms with Crippen molar-refractivity contribution in [3.63, 3.8) is 0 Å². The van der Waals surface area contributed by atoms with E-state index in [0.29, 0.717) is 13.1 Å². The number of carbonyl (C=O) groups is 2. The van der Waals surface area contributed by atoms with Crippen LogP contribution < -0.4 is 5.69 Å². The van der Waals surface area contributed by atoms with Gasteiger partial charge in [-0.2, -0.15) is 0 Å². The number of likely N-dealkylation sites (N-methyl/N-ethyl adjacent to an activating group) is 1. The molecule has 0 spiro atoms. The van der Waals surface area contributed by atoms with Crippen LogP contribution >= 0.6 is 0 Å². The summed E-state index contributed by atoms with van der Waals surface area (Å²) in [5.74, 6) is 0.201. The van der Waals surface area contributed by atoms with Crippen LogP contribution in [0.25, 0.3) is 11.0 Å². The van der Waals surface area contributed by atoms with Crippen LogP contribution in [0.15, 0.2) is 29.1 Å². The molecule has 7 heteroatoms. The number of likely N-dealkylation sites (tertiary alicyclic amines) is 1. The lowest BCUT2D eigenvalue weighted by atomic mass is 9.84. The second kappa shape index (κ2) is 7.21. The maximum Gasteiger partial charge on any atom is 0.326 e. The molecule has 144 valence electrons. The molecule has 2 heterocycles. The Kier molecular flexibility index (Phi) is 4.76. The summed E-state index contributed by atoms with van der Waals surface area (Å²) in [7, 11) is 1.72. The highest BCUT2D eigenvalue weighted by atomic mass is 16.2. The van der Waals surface area contributed by atoms with Crippen molar-refractivity contribution in [3.8, 4) is 0 Å². The zero-order valence-corrected chi connectivity index (χ0v) is 15.7. The molecule has 1 aliphatic heterocycles. The number of rotatable bonds is 4. The highest BCUT2D eigenvalue weighted by Crippen LogP contribution is 2.28. The second-order valence-electron chi connectivity index (χ2n) is 7.75. The fraction of sp³-hybridized carbons (Fsp3) is 0.550. The van der Waals surface area contributed by atoms with Crippen molar-refractivity contribution in [2.75, 3.05) is 26.7 Å². The van der Waals surface area contributed by atoms with Crippen molar-refractivity contribution in [1.29, 1.82) is 0 Å². The molecule has 2 amide bonds. The molecule has 1 aromatic heterocycles. The molecule has 2 fully saturated rings. The molecule has 4 rings (SSSR count). The molecule has 7 nitrogen and oxygen atoms in total. The number of benzene rings is 1. The Labute approximate surface area is 157 Å². The largest absolute Gasteiger partial charge is 0.341 e. The zero-order valence-electron chi connectivity index (χ0n) is 15.7. The Bertz CT molecular complexity index is 903. The van der Waals surface area contributed by atoms with Crippen LogP contribution in [-0.4, -0.2) is 57.8 Å². The third kappa shape index (κ3) is 3.38. The number of fused-ring (bicyclic) bond motifs is 1. The highest BCUT2D eigenvalue weighted by molar-refractivity contribution is 5.86. The van der Waals surface area contributed by atoms with Crippen LogP contribution in [0, 0.1) is 5.92 Å². The normalized spacial score (nSPS) is 18.5. The number of nitrogens with zero attached hydrogens (tertiary/aromatic N) is 3. The lowest BCUT2D eigenvalue weighted by Gasteiger charge is -2.34. The first-order valence-electron chi connectivity index (χ1n) is 9.76. The van der Waals surface area contributed by atoms with Gasteiger partial charge in [-0.3, -0.25) is 14.2 Å². The number of carbonyl (C=O) groups excluding carboxylic acids is 2. The average molecular weight is 370 g/mol. The van der Waals surface area contributed by atoms with Gasteiger partial charge >= 0.3 is 5.69 Å². The summed E-state index contributed by atoms with van der Waals surface area (Å²) in [4.78, 5) is 43.4. The number of hydrogen-bond acceptors (Lipinski definition) is 3. The lowest BCUT2D eigenvalue weighted by Crippen LogP contribution is -2.47. The number of imidazole rings is 1. The van der Waals surface area contributed by atoms with Gasteiger partial charge in [0.1, 0.15) is 0 Å². The van der Waals surface area contributed by atoms with Gasteiger partial charge in [-0.25, -0.2) is 4.79 Å². The van der Waals surface area contributed by atoms with Crippen molar-refractivity contribution < 1.29 is 9.59 Å². The third-order valence-electron chi connectivity index (χ3n) is 6.01. The van der Waals surface area contributed by atoms with Crippen LogP contribution in [0.1, 0.15) is 38.1 Å². The van der Waals surface area contributed by atoms with Crippen molar-refractivity contribution in [3.05, 3.63) is 34.7 Å². The molecular formula is C20H26N4O3. The Morgan fingerprint density at radius 3 is 2.52 bits per heavy atom. The summed E-state index contributed by atoms with van der Waals surface area (Å²) in [5, 5.41) is 0. The number of piperidine rings is 1. The molecule has 0 bridgehead atoms. The molecule has 2 aromatic rings. The van der Waals surface area contributed by atoms with E-state index in [0.717, 1.165) is 43.1 Å². The molecule has 1 aromatic carbocycles. The standard InChI is InChI=1S/C20H26N4O3/c1-22(19(26)14-5-4-6-14)13-18(25)23-11-9-15(10-12-23)24-17-8-3-2-7-16(17)21-20(24)27/h2-3,7-8,14-15H,4-6,9-13H2,1H3,(H,21,27). The quantitative estimate of drug-likeness (QED) is 0.891. The van der Waals surface area contributed by atoms with E-state index in [4.69, 9.17) is 0 Å². The van der Waals surface area contributed by atoms with Crippen molar-refractivity contribution in [1.82, 2.24) is 19.4 Å². The van der Waals surface area contributed by atoms with Gasteiger partial charge in [0.05, 0.1) is 17.6 Å². The first-order chi connectivity index (χ1) is 13.0. The molecule has 0 atom stereocenters. The molecule has 0 radical (unpaired) electrons. The summed E-state index contributed by atoms with van der Waals surface area (Å²) in [5.41, 5.74) is 1.67. The first-order valence-corrected chi connectivity index (χ1v) is 9.76. The molecule has 1 saturated heterocycles. The van der Waals surface area contributed by atoms with Gasteiger partial charge in [-0.15, -0.1) is 0 Å².